The van der Waals surface area contributed by atoms with E-state index in [4.69, 9.17) is 14.8 Å². The van der Waals surface area contributed by atoms with Gasteiger partial charge in [0, 0.05) is 40.4 Å². The van der Waals surface area contributed by atoms with Gasteiger partial charge in [0.1, 0.15) is 17.3 Å². The fourth-order valence-electron chi connectivity index (χ4n) is 6.90. The maximum atomic E-state index is 6.71. The van der Waals surface area contributed by atoms with Crippen LogP contribution >= 0.6 is 0 Å². The van der Waals surface area contributed by atoms with Gasteiger partial charge in [0.05, 0.1) is 22.4 Å². The van der Waals surface area contributed by atoms with Gasteiger partial charge in [0.15, 0.2) is 0 Å². The summed E-state index contributed by atoms with van der Waals surface area (Å²) >= 11 is 0. The van der Waals surface area contributed by atoms with E-state index in [-0.39, 0.29) is 0 Å². The van der Waals surface area contributed by atoms with Gasteiger partial charge in [-0.1, -0.05) is 64.1 Å². The van der Waals surface area contributed by atoms with E-state index in [0.29, 0.717) is 11.8 Å². The summed E-state index contributed by atoms with van der Waals surface area (Å²) in [5, 5.41) is 7.43. The SMILES string of the molecule is Cc1cccc(C)c1-c1c(C)nn(-c2cc(Oc3ccc4c5ccccc5n(-c5cc(C(C)C)ccn5)c4c3)cc(C(C)C)c2)c1C. The number of aromatic nitrogens is 4. The van der Waals surface area contributed by atoms with Gasteiger partial charge in [-0.25, -0.2) is 9.67 Å². The van der Waals surface area contributed by atoms with Gasteiger partial charge in [-0.15, -0.1) is 0 Å². The molecule has 0 amide bonds. The lowest BCUT2D eigenvalue weighted by Gasteiger charge is -2.15. The molecule has 0 radical (unpaired) electrons. The Balaban J connectivity index is 1.34. The van der Waals surface area contributed by atoms with Crippen molar-refractivity contribution >= 4 is 21.8 Å². The van der Waals surface area contributed by atoms with Crippen molar-refractivity contribution in [2.45, 2.75) is 67.2 Å². The first-order valence-corrected chi connectivity index (χ1v) is 16.6. The van der Waals surface area contributed by atoms with Crippen LogP contribution in [0, 0.1) is 27.7 Å². The Morgan fingerprint density at radius 3 is 2.09 bits per heavy atom. The van der Waals surface area contributed by atoms with Gasteiger partial charge >= 0.3 is 0 Å². The number of aryl methyl sites for hydroxylation is 3. The third kappa shape index (κ3) is 5.40. The standard InChI is InChI=1S/C42H42N4O/c1-25(2)31-18-19-43-40(22-31)45-38-15-10-9-14-36(38)37-17-16-34(24-39(37)45)47-35-21-32(26(3)4)20-33(23-35)46-30(8)42(29(7)44-46)41-27(5)12-11-13-28(41)6/h9-26H,1-8H3. The third-order valence-corrected chi connectivity index (χ3v) is 9.39. The molecule has 0 saturated heterocycles. The minimum atomic E-state index is 0.316. The highest BCUT2D eigenvalue weighted by Crippen LogP contribution is 2.38. The first kappa shape index (κ1) is 30.5. The zero-order valence-electron chi connectivity index (χ0n) is 28.6. The zero-order chi connectivity index (χ0) is 33.0. The van der Waals surface area contributed by atoms with Crippen molar-refractivity contribution < 1.29 is 4.74 Å². The van der Waals surface area contributed by atoms with Crippen LogP contribution in [0.5, 0.6) is 11.5 Å². The van der Waals surface area contributed by atoms with Gasteiger partial charge < -0.3 is 4.74 Å². The van der Waals surface area contributed by atoms with Crippen molar-refractivity contribution in [1.29, 1.82) is 0 Å². The number of ether oxygens (including phenoxy) is 1. The molecule has 0 bridgehead atoms. The second kappa shape index (κ2) is 11.9. The minimum Gasteiger partial charge on any atom is -0.457 e. The molecule has 0 saturated carbocycles. The van der Waals surface area contributed by atoms with Crippen LogP contribution < -0.4 is 4.74 Å². The summed E-state index contributed by atoms with van der Waals surface area (Å²) in [5.74, 6) is 3.20. The van der Waals surface area contributed by atoms with Crippen molar-refractivity contribution in [2.75, 3.05) is 0 Å². The molecule has 0 fully saturated rings. The van der Waals surface area contributed by atoms with Crippen molar-refractivity contribution in [1.82, 2.24) is 19.3 Å². The fourth-order valence-corrected chi connectivity index (χ4v) is 6.90. The largest absolute Gasteiger partial charge is 0.457 e. The van der Waals surface area contributed by atoms with Gasteiger partial charge in [0.2, 0.25) is 0 Å². The first-order valence-electron chi connectivity index (χ1n) is 16.6. The molecule has 3 heterocycles. The topological polar surface area (TPSA) is 44.9 Å². The van der Waals surface area contributed by atoms with Crippen molar-refractivity contribution in [3.05, 3.63) is 131 Å². The summed E-state index contributed by atoms with van der Waals surface area (Å²) in [5.41, 5.74) is 12.8. The number of hydrogen-bond donors (Lipinski definition) is 0. The van der Waals surface area contributed by atoms with Crippen LogP contribution in [0.4, 0.5) is 0 Å². The van der Waals surface area contributed by atoms with Crippen LogP contribution in [0.25, 0.3) is 44.4 Å². The molecular weight excluding hydrogens is 576 g/mol. The number of rotatable bonds is 7. The molecule has 0 N–H and O–H groups in total. The molecule has 7 aromatic rings. The van der Waals surface area contributed by atoms with Gasteiger partial charge in [-0.2, -0.15) is 5.10 Å². The van der Waals surface area contributed by atoms with Gasteiger partial charge in [-0.05, 0) is 110 Å². The van der Waals surface area contributed by atoms with E-state index in [2.05, 4.69) is 156 Å². The lowest BCUT2D eigenvalue weighted by Crippen LogP contribution is -2.02. The molecule has 7 rings (SSSR count). The van der Waals surface area contributed by atoms with Gasteiger partial charge in [0.25, 0.3) is 0 Å². The van der Waals surface area contributed by atoms with Crippen LogP contribution in [0.15, 0.2) is 97.2 Å². The lowest BCUT2D eigenvalue weighted by molar-refractivity contribution is 0.481. The number of hydrogen-bond acceptors (Lipinski definition) is 3. The molecule has 5 heteroatoms. The molecule has 0 aliphatic rings. The molecule has 47 heavy (non-hydrogen) atoms. The highest BCUT2D eigenvalue weighted by Gasteiger charge is 2.20. The lowest BCUT2D eigenvalue weighted by atomic mass is 9.94. The van der Waals surface area contributed by atoms with E-state index in [0.717, 1.165) is 45.4 Å². The summed E-state index contributed by atoms with van der Waals surface area (Å²) in [6, 6.07) is 32.2. The molecule has 236 valence electrons. The van der Waals surface area contributed by atoms with E-state index < -0.39 is 0 Å². The van der Waals surface area contributed by atoms with Crippen molar-refractivity contribution in [3.63, 3.8) is 0 Å². The Bertz CT molecular complexity index is 2260. The Labute approximate surface area is 277 Å². The second-order valence-corrected chi connectivity index (χ2v) is 13.4. The summed E-state index contributed by atoms with van der Waals surface area (Å²) in [6.45, 7) is 17.5. The van der Waals surface area contributed by atoms with Crippen LogP contribution in [-0.2, 0) is 0 Å². The average molecular weight is 619 g/mol. The maximum Gasteiger partial charge on any atom is 0.137 e. The Hall–Kier alpha value is -5.16. The summed E-state index contributed by atoms with van der Waals surface area (Å²) in [4.78, 5) is 4.82. The third-order valence-electron chi connectivity index (χ3n) is 9.39. The predicted molar refractivity (Wildman–Crippen MR) is 195 cm³/mol. The molecule has 0 aliphatic heterocycles. The van der Waals surface area contributed by atoms with E-state index >= 15 is 0 Å². The minimum absolute atomic E-state index is 0.316. The van der Waals surface area contributed by atoms with E-state index in [1.807, 2.05) is 6.20 Å². The van der Waals surface area contributed by atoms with Crippen molar-refractivity contribution in [3.8, 4) is 34.1 Å². The fraction of sp³-hybridized carbons (Fsp3) is 0.238. The summed E-state index contributed by atoms with van der Waals surface area (Å²) < 4.78 is 11.0. The van der Waals surface area contributed by atoms with Crippen LogP contribution in [0.3, 0.4) is 0 Å². The number of nitrogens with zero attached hydrogens (tertiary/aromatic N) is 4. The second-order valence-electron chi connectivity index (χ2n) is 13.4. The van der Waals surface area contributed by atoms with E-state index in [1.54, 1.807) is 0 Å². The number of pyridine rings is 1. The Kier molecular flexibility index (Phi) is 7.71. The zero-order valence-corrected chi connectivity index (χ0v) is 28.6. The summed E-state index contributed by atoms with van der Waals surface area (Å²) in [6.07, 6.45) is 1.91. The highest BCUT2D eigenvalue weighted by molar-refractivity contribution is 6.09. The molecule has 5 nitrogen and oxygen atoms in total. The number of benzene rings is 4. The first-order chi connectivity index (χ1) is 22.6. The molecule has 0 atom stereocenters. The normalized spacial score (nSPS) is 11.8. The number of fused-ring (bicyclic) bond motifs is 3. The van der Waals surface area contributed by atoms with Gasteiger partial charge in [-0.3, -0.25) is 4.57 Å². The predicted octanol–water partition coefficient (Wildman–Crippen LogP) is 11.3. The molecular formula is C42H42N4O. The Morgan fingerprint density at radius 1 is 0.617 bits per heavy atom. The molecule has 3 aromatic heterocycles. The molecule has 0 unspecified atom stereocenters. The molecule has 0 aliphatic carbocycles. The number of para-hydroxylation sites is 1. The van der Waals surface area contributed by atoms with E-state index in [9.17, 15) is 0 Å². The van der Waals surface area contributed by atoms with Crippen LogP contribution in [0.1, 0.15) is 73.2 Å². The molecule has 0 spiro atoms. The van der Waals surface area contributed by atoms with Crippen molar-refractivity contribution in [2.24, 2.45) is 0 Å². The quantitative estimate of drug-likeness (QED) is 0.178. The smallest absolute Gasteiger partial charge is 0.137 e. The van der Waals surface area contributed by atoms with Crippen LogP contribution in [-0.4, -0.2) is 19.3 Å². The Morgan fingerprint density at radius 2 is 1.34 bits per heavy atom. The summed E-state index contributed by atoms with van der Waals surface area (Å²) in [7, 11) is 0. The monoisotopic (exact) mass is 618 g/mol. The van der Waals surface area contributed by atoms with Crippen LogP contribution in [0.2, 0.25) is 0 Å². The van der Waals surface area contributed by atoms with E-state index in [1.165, 1.54) is 44.2 Å². The average Bonchev–Trinajstić information content (AvgIpc) is 3.53. The molecule has 4 aromatic carbocycles. The maximum absolute atomic E-state index is 6.71. The highest BCUT2D eigenvalue weighted by atomic mass is 16.5.